The van der Waals surface area contributed by atoms with Crippen molar-refractivity contribution in [3.05, 3.63) is 0 Å². The third-order valence-corrected chi connectivity index (χ3v) is 3.03. The number of nitrogens with zero attached hydrogens (tertiary/aromatic N) is 1. The van der Waals surface area contributed by atoms with Gasteiger partial charge in [-0.15, -0.1) is 0 Å². The fraction of sp³-hybridized carbons (Fsp3) is 0.700. The zero-order valence-corrected chi connectivity index (χ0v) is 9.74. The number of amides is 1. The van der Waals surface area contributed by atoms with Gasteiger partial charge in [0.25, 0.3) is 0 Å². The van der Waals surface area contributed by atoms with Gasteiger partial charge in [0, 0.05) is 6.92 Å². The molecule has 18 heavy (non-hydrogen) atoms. The number of aliphatic carboxylic acids is 1. The van der Waals surface area contributed by atoms with Gasteiger partial charge in [-0.25, -0.2) is 0 Å². The maximum absolute atomic E-state index is 11.2. The van der Waals surface area contributed by atoms with Crippen molar-refractivity contribution >= 4 is 17.8 Å². The monoisotopic (exact) mass is 258 g/mol. The Kier molecular flexibility index (Phi) is 3.22. The Hall–Kier alpha value is -1.67. The van der Waals surface area contributed by atoms with E-state index in [0.29, 0.717) is 0 Å². The average molecular weight is 258 g/mol. The first-order chi connectivity index (χ1) is 8.40. The number of esters is 1. The van der Waals surface area contributed by atoms with E-state index in [1.54, 1.807) is 0 Å². The largest absolute Gasteiger partial charge is 0.480 e. The Labute approximate surface area is 103 Å². The van der Waals surface area contributed by atoms with E-state index in [1.807, 2.05) is 0 Å². The highest BCUT2D eigenvalue weighted by molar-refractivity contribution is 5.83. The molecule has 0 saturated carbocycles. The summed E-state index contributed by atoms with van der Waals surface area (Å²) in [4.78, 5) is 34.5. The van der Waals surface area contributed by atoms with E-state index < -0.39 is 30.2 Å². The van der Waals surface area contributed by atoms with Crippen LogP contribution in [0.3, 0.4) is 0 Å². The third kappa shape index (κ3) is 2.16. The number of fused-ring (bicyclic) bond motifs is 1. The van der Waals surface area contributed by atoms with Crippen LogP contribution in [0.2, 0.25) is 0 Å². The predicted octanol–water partition coefficient (Wildman–Crippen LogP) is -1.71. The molecule has 2 saturated heterocycles. The summed E-state index contributed by atoms with van der Waals surface area (Å²) < 4.78 is 10.4. The molecule has 0 bridgehead atoms. The molecule has 8 heteroatoms. The first-order valence-electron chi connectivity index (χ1n) is 5.50. The van der Waals surface area contributed by atoms with Gasteiger partial charge < -0.3 is 25.2 Å². The number of hydrogen-bond acceptors (Lipinski definition) is 6. The molecule has 0 radical (unpaired) electrons. The first kappa shape index (κ1) is 12.8. The van der Waals surface area contributed by atoms with Gasteiger partial charge in [0.2, 0.25) is 5.91 Å². The van der Waals surface area contributed by atoms with E-state index >= 15 is 0 Å². The Morgan fingerprint density at radius 2 is 2.28 bits per heavy atom. The minimum atomic E-state index is -1.38. The summed E-state index contributed by atoms with van der Waals surface area (Å²) in [5.41, 5.74) is 5.47. The molecule has 1 amide bonds. The van der Waals surface area contributed by atoms with E-state index in [2.05, 4.69) is 0 Å². The molecule has 2 heterocycles. The molecule has 2 aliphatic rings. The Balaban J connectivity index is 2.07. The van der Waals surface area contributed by atoms with Crippen molar-refractivity contribution in [1.82, 2.24) is 4.90 Å². The average Bonchev–Trinajstić information content (AvgIpc) is 2.62. The number of rotatable bonds is 4. The molecule has 0 aromatic heterocycles. The lowest BCUT2D eigenvalue weighted by Gasteiger charge is -2.31. The summed E-state index contributed by atoms with van der Waals surface area (Å²) in [5.74, 6) is -1.99. The van der Waals surface area contributed by atoms with Crippen molar-refractivity contribution in [1.29, 1.82) is 0 Å². The first-order valence-corrected chi connectivity index (χ1v) is 5.50. The van der Waals surface area contributed by atoms with Crippen molar-refractivity contribution in [2.75, 3.05) is 6.54 Å². The fourth-order valence-corrected chi connectivity index (χ4v) is 2.10. The smallest absolute Gasteiger partial charge is 0.324 e. The summed E-state index contributed by atoms with van der Waals surface area (Å²) in [7, 11) is 0. The molecule has 8 nitrogen and oxygen atoms in total. The van der Waals surface area contributed by atoms with Gasteiger partial charge in [0.1, 0.15) is 18.4 Å². The summed E-state index contributed by atoms with van der Waals surface area (Å²) >= 11 is 0. The van der Waals surface area contributed by atoms with Crippen LogP contribution in [0, 0.1) is 0 Å². The lowest BCUT2D eigenvalue weighted by molar-refractivity contribution is -0.168. The Morgan fingerprint density at radius 1 is 1.61 bits per heavy atom. The van der Waals surface area contributed by atoms with Crippen LogP contribution >= 0.6 is 0 Å². The van der Waals surface area contributed by atoms with Crippen LogP contribution in [0.15, 0.2) is 0 Å². The van der Waals surface area contributed by atoms with Crippen LogP contribution in [0.1, 0.15) is 13.3 Å². The molecule has 4 atom stereocenters. The van der Waals surface area contributed by atoms with E-state index in [-0.39, 0.29) is 25.1 Å². The molecule has 100 valence electrons. The predicted molar refractivity (Wildman–Crippen MR) is 56.2 cm³/mol. The number of β-lactam (4-membered cyclic amide) rings is 1. The van der Waals surface area contributed by atoms with Crippen molar-refractivity contribution in [3.63, 3.8) is 0 Å². The van der Waals surface area contributed by atoms with Crippen LogP contribution in [0.4, 0.5) is 0 Å². The number of hydrogen-bond donors (Lipinski definition) is 2. The number of carbonyl (C=O) groups excluding carboxylic acids is 2. The molecule has 0 unspecified atom stereocenters. The number of carboxylic acid groups (broad SMARTS) is 1. The van der Waals surface area contributed by atoms with Gasteiger partial charge in [0.15, 0.2) is 6.10 Å². The van der Waals surface area contributed by atoms with E-state index in [9.17, 15) is 14.4 Å². The summed E-state index contributed by atoms with van der Waals surface area (Å²) in [6, 6.07) is -1.38. The molecule has 3 N–H and O–H groups in total. The van der Waals surface area contributed by atoms with E-state index in [1.165, 1.54) is 4.90 Å². The van der Waals surface area contributed by atoms with Gasteiger partial charge in [-0.3, -0.25) is 14.4 Å². The van der Waals surface area contributed by atoms with E-state index in [4.69, 9.17) is 20.3 Å². The van der Waals surface area contributed by atoms with Crippen molar-refractivity contribution in [3.8, 4) is 0 Å². The zero-order valence-electron chi connectivity index (χ0n) is 9.74. The van der Waals surface area contributed by atoms with E-state index in [0.717, 1.165) is 6.92 Å². The Morgan fingerprint density at radius 3 is 2.72 bits per heavy atom. The quantitative estimate of drug-likeness (QED) is 0.455. The number of carboxylic acids is 1. The Bertz CT molecular complexity index is 398. The zero-order chi connectivity index (χ0) is 13.4. The normalized spacial score (nSPS) is 29.2. The third-order valence-electron chi connectivity index (χ3n) is 3.03. The maximum atomic E-state index is 11.2. The summed E-state index contributed by atoms with van der Waals surface area (Å²) in [6.07, 6.45) is -1.87. The number of nitrogens with two attached hydrogens (primary N) is 1. The van der Waals surface area contributed by atoms with Gasteiger partial charge in [-0.1, -0.05) is 0 Å². The summed E-state index contributed by atoms with van der Waals surface area (Å²) in [5, 5.41) is 8.87. The second kappa shape index (κ2) is 4.54. The van der Waals surface area contributed by atoms with Gasteiger partial charge in [0.05, 0.1) is 13.0 Å². The van der Waals surface area contributed by atoms with Crippen LogP contribution in [0.5, 0.6) is 0 Å². The minimum Gasteiger partial charge on any atom is -0.480 e. The van der Waals surface area contributed by atoms with Crippen molar-refractivity contribution in [2.24, 2.45) is 5.73 Å². The molecular formula is C10H14N2O6. The standard InChI is InChI=1S/C10H14N2O6/c1-4(13)17-9(8(11)10(15)16)5-3-12-6(14)2-7(12)18-5/h5,7-9H,2-3,11H2,1H3,(H,15,16)/t5-,7+,8-,9+/m1/s1. The second-order valence-electron chi connectivity index (χ2n) is 4.32. The van der Waals surface area contributed by atoms with Gasteiger partial charge in [-0.05, 0) is 0 Å². The molecule has 0 aromatic rings. The van der Waals surface area contributed by atoms with Crippen molar-refractivity contribution < 1.29 is 29.0 Å². The van der Waals surface area contributed by atoms with Crippen LogP contribution < -0.4 is 5.73 Å². The van der Waals surface area contributed by atoms with Crippen LogP contribution in [0.25, 0.3) is 0 Å². The van der Waals surface area contributed by atoms with Crippen LogP contribution in [-0.4, -0.2) is 58.9 Å². The number of ether oxygens (including phenoxy) is 2. The van der Waals surface area contributed by atoms with Crippen LogP contribution in [-0.2, 0) is 23.9 Å². The topological polar surface area (TPSA) is 119 Å². The number of carbonyl (C=O) groups is 3. The molecule has 2 fully saturated rings. The molecule has 0 spiro atoms. The fourth-order valence-electron chi connectivity index (χ4n) is 2.10. The maximum Gasteiger partial charge on any atom is 0.324 e. The molecular weight excluding hydrogens is 244 g/mol. The minimum absolute atomic E-state index is 0.0621. The second-order valence-corrected chi connectivity index (χ2v) is 4.32. The molecule has 2 rings (SSSR count). The SMILES string of the molecule is CC(=O)O[C@@H]([C@H]1CN2C(=O)C[C@@H]2O1)[C@@H](N)C(=O)O. The van der Waals surface area contributed by atoms with Gasteiger partial charge >= 0.3 is 11.9 Å². The lowest BCUT2D eigenvalue weighted by Crippen LogP contribution is -2.51. The highest BCUT2D eigenvalue weighted by Gasteiger charge is 2.50. The van der Waals surface area contributed by atoms with Gasteiger partial charge in [-0.2, -0.15) is 0 Å². The highest BCUT2D eigenvalue weighted by Crippen LogP contribution is 2.31. The molecule has 0 aromatic carbocycles. The van der Waals surface area contributed by atoms with Crippen molar-refractivity contribution in [2.45, 2.75) is 37.8 Å². The molecule has 2 aliphatic heterocycles. The summed E-state index contributed by atoms with van der Waals surface area (Å²) in [6.45, 7) is 1.36. The highest BCUT2D eigenvalue weighted by atomic mass is 16.6. The molecule has 0 aliphatic carbocycles. The lowest BCUT2D eigenvalue weighted by atomic mass is 10.1.